The van der Waals surface area contributed by atoms with Crippen molar-refractivity contribution < 1.29 is 13.2 Å². The van der Waals surface area contributed by atoms with Crippen LogP contribution in [-0.2, 0) is 10.0 Å². The van der Waals surface area contributed by atoms with Crippen molar-refractivity contribution in [2.75, 3.05) is 34.7 Å². The fourth-order valence-electron chi connectivity index (χ4n) is 3.28. The molecule has 33 heavy (non-hydrogen) atoms. The van der Waals surface area contributed by atoms with Crippen molar-refractivity contribution in [1.29, 1.82) is 0 Å². The first-order valence-corrected chi connectivity index (χ1v) is 13.4. The highest BCUT2D eigenvalue weighted by molar-refractivity contribution is 7.92. The Morgan fingerprint density at radius 3 is 2.70 bits per heavy atom. The molecular weight excluding hydrogens is 460 g/mol. The van der Waals surface area contributed by atoms with Gasteiger partial charge in [-0.25, -0.2) is 13.4 Å². The van der Waals surface area contributed by atoms with E-state index in [9.17, 15) is 13.2 Å². The predicted octanol–water partition coefficient (Wildman–Crippen LogP) is 3.76. The maximum atomic E-state index is 12.0. The van der Waals surface area contributed by atoms with Crippen molar-refractivity contribution in [2.24, 2.45) is 0 Å². The number of aromatic nitrogens is 2. The molecule has 1 aliphatic rings. The molecule has 0 unspecified atom stereocenters. The lowest BCUT2D eigenvalue weighted by Gasteiger charge is -2.13. The van der Waals surface area contributed by atoms with Crippen LogP contribution in [0.15, 0.2) is 48.0 Å². The van der Waals surface area contributed by atoms with Crippen molar-refractivity contribution in [3.8, 4) is 0 Å². The molecule has 0 aliphatic heterocycles. The summed E-state index contributed by atoms with van der Waals surface area (Å²) in [6.07, 6.45) is 5.96. The van der Waals surface area contributed by atoms with E-state index in [0.29, 0.717) is 41.2 Å². The van der Waals surface area contributed by atoms with Crippen LogP contribution in [0.1, 0.15) is 40.4 Å². The smallest absolute Gasteiger partial charge is 0.261 e. The normalized spacial score (nSPS) is 13.4. The summed E-state index contributed by atoms with van der Waals surface area (Å²) in [5.74, 6) is 1.63. The fourth-order valence-corrected chi connectivity index (χ4v) is 4.48. The second kappa shape index (κ2) is 10.2. The molecular formula is C22H26N6O3S2. The summed E-state index contributed by atoms with van der Waals surface area (Å²) in [6.45, 7) is 1.23. The molecule has 4 N–H and O–H groups in total. The maximum Gasteiger partial charge on any atom is 0.261 e. The van der Waals surface area contributed by atoms with Crippen LogP contribution in [0.5, 0.6) is 0 Å². The van der Waals surface area contributed by atoms with Gasteiger partial charge in [0.1, 0.15) is 5.82 Å². The summed E-state index contributed by atoms with van der Waals surface area (Å²) in [6, 6.07) is 10.6. The monoisotopic (exact) mass is 486 g/mol. The number of nitrogens with one attached hydrogen (secondary N) is 4. The molecule has 4 rings (SSSR count). The predicted molar refractivity (Wildman–Crippen MR) is 132 cm³/mol. The van der Waals surface area contributed by atoms with E-state index in [1.54, 1.807) is 18.2 Å². The molecule has 1 saturated carbocycles. The van der Waals surface area contributed by atoms with Crippen molar-refractivity contribution in [2.45, 2.75) is 25.2 Å². The van der Waals surface area contributed by atoms with Gasteiger partial charge in [0.05, 0.1) is 16.8 Å². The highest BCUT2D eigenvalue weighted by atomic mass is 32.2. The van der Waals surface area contributed by atoms with E-state index in [1.807, 2.05) is 29.8 Å². The number of anilines is 4. The maximum absolute atomic E-state index is 12.0. The van der Waals surface area contributed by atoms with Gasteiger partial charge < -0.3 is 16.0 Å². The van der Waals surface area contributed by atoms with Crippen LogP contribution in [0.2, 0.25) is 0 Å². The van der Waals surface area contributed by atoms with Gasteiger partial charge in [0.25, 0.3) is 5.91 Å². The molecule has 174 valence electrons. The summed E-state index contributed by atoms with van der Waals surface area (Å²) < 4.78 is 25.4. The Morgan fingerprint density at radius 1 is 1.15 bits per heavy atom. The standard InChI is InChI=1S/C22H26N6O3S2/c1-33(30,31)28-17-6-2-5-16(13-17)26-22-25-14-18(15-8-9-15)20(27-22)23-10-4-11-24-21(29)19-7-3-12-32-19/h2-3,5-7,12-15,28H,4,8-11H2,1H3,(H,24,29)(H2,23,25,26,27). The summed E-state index contributed by atoms with van der Waals surface area (Å²) in [5, 5.41) is 11.3. The lowest BCUT2D eigenvalue weighted by Crippen LogP contribution is -2.25. The number of amides is 1. The number of thiophene rings is 1. The van der Waals surface area contributed by atoms with Gasteiger partial charge in [-0.05, 0) is 54.8 Å². The van der Waals surface area contributed by atoms with E-state index in [1.165, 1.54) is 11.3 Å². The van der Waals surface area contributed by atoms with Crippen molar-refractivity contribution in [3.05, 3.63) is 58.4 Å². The number of carbonyl (C=O) groups excluding carboxylic acids is 1. The van der Waals surface area contributed by atoms with E-state index in [2.05, 4.69) is 30.6 Å². The summed E-state index contributed by atoms with van der Waals surface area (Å²) in [4.78, 5) is 21.8. The molecule has 1 aliphatic carbocycles. The summed E-state index contributed by atoms with van der Waals surface area (Å²) >= 11 is 1.42. The SMILES string of the molecule is CS(=O)(=O)Nc1cccc(Nc2ncc(C3CC3)c(NCCCNC(=O)c3cccs3)n2)c1. The first-order chi connectivity index (χ1) is 15.9. The van der Waals surface area contributed by atoms with E-state index in [4.69, 9.17) is 0 Å². The molecule has 1 aromatic carbocycles. The average Bonchev–Trinajstić information content (AvgIpc) is 3.45. The second-order valence-corrected chi connectivity index (χ2v) is 10.6. The minimum atomic E-state index is -3.36. The molecule has 1 fully saturated rings. The number of benzene rings is 1. The largest absolute Gasteiger partial charge is 0.370 e. The number of hydrogen-bond acceptors (Lipinski definition) is 8. The van der Waals surface area contributed by atoms with Crippen molar-refractivity contribution >= 4 is 50.4 Å². The average molecular weight is 487 g/mol. The van der Waals surface area contributed by atoms with Gasteiger partial charge in [-0.15, -0.1) is 11.3 Å². The third-order valence-corrected chi connectivity index (χ3v) is 6.41. The topological polar surface area (TPSA) is 125 Å². The number of carbonyl (C=O) groups is 1. The third-order valence-electron chi connectivity index (χ3n) is 4.93. The van der Waals surface area contributed by atoms with Crippen LogP contribution in [0.4, 0.5) is 23.1 Å². The second-order valence-electron chi connectivity index (χ2n) is 7.87. The molecule has 3 aromatic rings. The minimum absolute atomic E-state index is 0.0511. The Hall–Kier alpha value is -3.18. The number of rotatable bonds is 11. The van der Waals surface area contributed by atoms with Crippen LogP contribution < -0.4 is 20.7 Å². The Labute approximate surface area is 197 Å². The van der Waals surface area contributed by atoms with Gasteiger partial charge >= 0.3 is 0 Å². The third kappa shape index (κ3) is 6.90. The van der Waals surface area contributed by atoms with Crippen molar-refractivity contribution in [3.63, 3.8) is 0 Å². The molecule has 0 atom stereocenters. The van der Waals surface area contributed by atoms with Gasteiger partial charge in [0, 0.05) is 30.5 Å². The Kier molecular flexibility index (Phi) is 7.09. The van der Waals surface area contributed by atoms with Gasteiger partial charge in [0.2, 0.25) is 16.0 Å². The van der Waals surface area contributed by atoms with E-state index in [0.717, 1.165) is 36.9 Å². The number of hydrogen-bond donors (Lipinski definition) is 4. The molecule has 0 spiro atoms. The van der Waals surface area contributed by atoms with Gasteiger partial charge in [-0.1, -0.05) is 12.1 Å². The molecule has 0 bridgehead atoms. The van der Waals surface area contributed by atoms with E-state index >= 15 is 0 Å². The molecule has 2 heterocycles. The lowest BCUT2D eigenvalue weighted by atomic mass is 10.2. The quantitative estimate of drug-likeness (QED) is 0.304. The van der Waals surface area contributed by atoms with Crippen LogP contribution in [0.3, 0.4) is 0 Å². The summed E-state index contributed by atoms with van der Waals surface area (Å²) in [5.41, 5.74) is 2.22. The van der Waals surface area contributed by atoms with Crippen LogP contribution >= 0.6 is 11.3 Å². The zero-order chi connectivity index (χ0) is 23.3. The molecule has 9 nitrogen and oxygen atoms in total. The highest BCUT2D eigenvalue weighted by Gasteiger charge is 2.27. The van der Waals surface area contributed by atoms with Crippen LogP contribution in [-0.4, -0.2) is 43.6 Å². The van der Waals surface area contributed by atoms with E-state index < -0.39 is 10.0 Å². The van der Waals surface area contributed by atoms with Crippen LogP contribution in [0.25, 0.3) is 0 Å². The fraction of sp³-hybridized carbons (Fsp3) is 0.318. The molecule has 1 amide bonds. The number of nitrogens with zero attached hydrogens (tertiary/aromatic N) is 2. The lowest BCUT2D eigenvalue weighted by molar-refractivity contribution is 0.0957. The van der Waals surface area contributed by atoms with Gasteiger partial charge in [-0.2, -0.15) is 4.98 Å². The first-order valence-electron chi connectivity index (χ1n) is 10.6. The highest BCUT2D eigenvalue weighted by Crippen LogP contribution is 2.42. The zero-order valence-corrected chi connectivity index (χ0v) is 19.8. The zero-order valence-electron chi connectivity index (χ0n) is 18.2. The Balaban J connectivity index is 1.36. The number of sulfonamides is 1. The van der Waals surface area contributed by atoms with Gasteiger partial charge in [0.15, 0.2) is 0 Å². The van der Waals surface area contributed by atoms with Crippen molar-refractivity contribution in [1.82, 2.24) is 15.3 Å². The molecule has 0 radical (unpaired) electrons. The minimum Gasteiger partial charge on any atom is -0.370 e. The Morgan fingerprint density at radius 2 is 1.97 bits per heavy atom. The first kappa shape index (κ1) is 23.0. The van der Waals surface area contributed by atoms with Gasteiger partial charge in [-0.3, -0.25) is 9.52 Å². The Bertz CT molecular complexity index is 1210. The molecule has 0 saturated heterocycles. The molecule has 11 heteroatoms. The molecule has 2 aromatic heterocycles. The van der Waals surface area contributed by atoms with E-state index in [-0.39, 0.29) is 5.91 Å². The summed E-state index contributed by atoms with van der Waals surface area (Å²) in [7, 11) is -3.36. The van der Waals surface area contributed by atoms with Crippen LogP contribution in [0, 0.1) is 0 Å².